The van der Waals surface area contributed by atoms with E-state index in [4.69, 9.17) is 0 Å². The normalized spacial score (nSPS) is 17.2. The van der Waals surface area contributed by atoms with E-state index in [1.54, 1.807) is 0 Å². The van der Waals surface area contributed by atoms with Crippen LogP contribution < -0.4 is 10.6 Å². The third-order valence-corrected chi connectivity index (χ3v) is 4.49. The number of hydrogen-bond donors (Lipinski definition) is 3. The summed E-state index contributed by atoms with van der Waals surface area (Å²) >= 11 is 0. The molecule has 1 aromatic rings. The fourth-order valence-electron chi connectivity index (χ4n) is 3.12. The number of carbonyl (C=O) groups is 1. The molecule has 1 aliphatic rings. The Hall–Kier alpha value is -1.59. The minimum Gasteiger partial charge on any atom is -0.394 e. The van der Waals surface area contributed by atoms with Gasteiger partial charge in [-0.15, -0.1) is 0 Å². The van der Waals surface area contributed by atoms with Crippen molar-refractivity contribution in [3.8, 4) is 0 Å². The minimum absolute atomic E-state index is 0.0445. The van der Waals surface area contributed by atoms with Gasteiger partial charge in [-0.05, 0) is 30.9 Å². The first-order valence-corrected chi connectivity index (χ1v) is 8.52. The molecule has 0 saturated heterocycles. The summed E-state index contributed by atoms with van der Waals surface area (Å²) in [5, 5.41) is 15.2. The number of nitrogens with one attached hydrogen (secondary N) is 2. The van der Waals surface area contributed by atoms with Crippen LogP contribution in [0.5, 0.6) is 0 Å². The monoisotopic (exact) mass is 319 g/mol. The zero-order valence-corrected chi connectivity index (χ0v) is 14.3. The molecule has 2 rings (SSSR count). The van der Waals surface area contributed by atoms with Gasteiger partial charge in [0.05, 0.1) is 12.1 Å². The van der Waals surface area contributed by atoms with Crippen molar-refractivity contribution in [2.75, 3.05) is 26.2 Å². The first kappa shape index (κ1) is 17.8. The van der Waals surface area contributed by atoms with Gasteiger partial charge in [0.2, 0.25) is 0 Å². The quantitative estimate of drug-likeness (QED) is 0.719. The maximum absolute atomic E-state index is 12.0. The summed E-state index contributed by atoms with van der Waals surface area (Å²) in [5.74, 6) is 0. The molecule has 0 spiro atoms. The van der Waals surface area contributed by atoms with Crippen LogP contribution in [0, 0.1) is 0 Å². The van der Waals surface area contributed by atoms with E-state index in [0.717, 1.165) is 38.9 Å². The maximum atomic E-state index is 12.0. The number of aliphatic hydroxyl groups excluding tert-OH is 1. The van der Waals surface area contributed by atoms with Crippen molar-refractivity contribution in [3.63, 3.8) is 0 Å². The van der Waals surface area contributed by atoms with Crippen LogP contribution in [0.15, 0.2) is 24.3 Å². The van der Waals surface area contributed by atoms with E-state index in [-0.39, 0.29) is 12.6 Å². The van der Waals surface area contributed by atoms with Gasteiger partial charge in [0, 0.05) is 26.2 Å². The summed E-state index contributed by atoms with van der Waals surface area (Å²) in [7, 11) is 0. The number of nitrogens with zero attached hydrogens (tertiary/aromatic N) is 1. The van der Waals surface area contributed by atoms with Crippen molar-refractivity contribution in [2.24, 2.45) is 0 Å². The van der Waals surface area contributed by atoms with Crippen molar-refractivity contribution in [2.45, 2.75) is 45.2 Å². The molecular formula is C18H29N3O2. The van der Waals surface area contributed by atoms with E-state index < -0.39 is 5.54 Å². The highest BCUT2D eigenvalue weighted by Gasteiger charge is 2.24. The predicted octanol–water partition coefficient (Wildman–Crippen LogP) is 1.89. The van der Waals surface area contributed by atoms with Gasteiger partial charge < -0.3 is 15.7 Å². The van der Waals surface area contributed by atoms with Crippen LogP contribution in [0.25, 0.3) is 0 Å². The number of aliphatic hydroxyl groups is 1. The summed E-state index contributed by atoms with van der Waals surface area (Å²) in [4.78, 5) is 14.3. The van der Waals surface area contributed by atoms with E-state index in [1.807, 2.05) is 13.8 Å². The maximum Gasteiger partial charge on any atom is 0.315 e. The Morgan fingerprint density at radius 1 is 1.35 bits per heavy atom. The molecule has 0 bridgehead atoms. The van der Waals surface area contributed by atoms with Crippen LogP contribution in [-0.4, -0.2) is 47.8 Å². The van der Waals surface area contributed by atoms with E-state index in [2.05, 4.69) is 39.8 Å². The Morgan fingerprint density at radius 2 is 2.09 bits per heavy atom. The number of carbonyl (C=O) groups excluding carboxylic acids is 1. The van der Waals surface area contributed by atoms with Gasteiger partial charge in [-0.25, -0.2) is 4.79 Å². The summed E-state index contributed by atoms with van der Waals surface area (Å²) in [6.45, 7) is 7.30. The Labute approximate surface area is 139 Å². The summed E-state index contributed by atoms with van der Waals surface area (Å²) in [5.41, 5.74) is 2.29. The van der Waals surface area contributed by atoms with Gasteiger partial charge >= 0.3 is 6.03 Å². The van der Waals surface area contributed by atoms with Gasteiger partial charge in [0.1, 0.15) is 0 Å². The lowest BCUT2D eigenvalue weighted by Gasteiger charge is -2.30. The van der Waals surface area contributed by atoms with Crippen molar-refractivity contribution in [1.29, 1.82) is 0 Å². The molecule has 23 heavy (non-hydrogen) atoms. The number of rotatable bonds is 7. The fourth-order valence-corrected chi connectivity index (χ4v) is 3.12. The zero-order valence-electron chi connectivity index (χ0n) is 14.3. The smallest absolute Gasteiger partial charge is 0.315 e. The third-order valence-electron chi connectivity index (χ3n) is 4.49. The summed E-state index contributed by atoms with van der Waals surface area (Å²) < 4.78 is 0. The highest BCUT2D eigenvalue weighted by molar-refractivity contribution is 5.74. The molecule has 0 aliphatic carbocycles. The molecule has 0 saturated carbocycles. The Morgan fingerprint density at radius 3 is 2.78 bits per heavy atom. The number of fused-ring (bicyclic) bond motifs is 1. The number of amides is 2. The fraction of sp³-hybridized carbons (Fsp3) is 0.611. The number of urea groups is 1. The third kappa shape index (κ3) is 5.22. The molecule has 1 atom stereocenters. The largest absolute Gasteiger partial charge is 0.394 e. The first-order valence-electron chi connectivity index (χ1n) is 8.52. The van der Waals surface area contributed by atoms with Crippen molar-refractivity contribution >= 4 is 6.03 Å². The van der Waals surface area contributed by atoms with Gasteiger partial charge in [-0.3, -0.25) is 4.90 Å². The molecule has 5 heteroatoms. The number of benzene rings is 1. The summed E-state index contributed by atoms with van der Waals surface area (Å²) in [6.07, 6.45) is 2.76. The van der Waals surface area contributed by atoms with Crippen LogP contribution in [0.1, 0.15) is 37.8 Å². The van der Waals surface area contributed by atoms with E-state index in [1.165, 1.54) is 11.1 Å². The number of hydrogen-bond acceptors (Lipinski definition) is 3. The van der Waals surface area contributed by atoms with Crippen LogP contribution in [-0.2, 0) is 13.0 Å². The molecule has 1 aromatic carbocycles. The van der Waals surface area contributed by atoms with Crippen LogP contribution in [0.4, 0.5) is 4.79 Å². The van der Waals surface area contributed by atoms with Gasteiger partial charge in [0.15, 0.2) is 0 Å². The van der Waals surface area contributed by atoms with E-state index >= 15 is 0 Å². The highest BCUT2D eigenvalue weighted by Crippen LogP contribution is 2.17. The molecule has 128 valence electrons. The highest BCUT2D eigenvalue weighted by atomic mass is 16.3. The van der Waals surface area contributed by atoms with Crippen molar-refractivity contribution in [1.82, 2.24) is 15.5 Å². The Kier molecular flexibility index (Phi) is 6.42. The lowest BCUT2D eigenvalue weighted by Crippen LogP contribution is -2.53. The lowest BCUT2D eigenvalue weighted by atomic mass is 9.98. The Bertz CT molecular complexity index is 521. The predicted molar refractivity (Wildman–Crippen MR) is 92.4 cm³/mol. The lowest BCUT2D eigenvalue weighted by molar-refractivity contribution is 0.162. The molecule has 0 fully saturated rings. The van der Waals surface area contributed by atoms with Crippen LogP contribution >= 0.6 is 0 Å². The molecule has 1 aliphatic heterocycles. The van der Waals surface area contributed by atoms with E-state index in [9.17, 15) is 9.90 Å². The second kappa shape index (κ2) is 8.31. The molecule has 1 unspecified atom stereocenters. The standard InChI is InChI=1S/C18H29N3O2/c1-3-9-18(2,14-22)20-17(23)19-10-12-21-11-8-15-6-4-5-7-16(15)13-21/h4-7,22H,3,8-14H2,1-2H3,(H2,19,20,23). The topological polar surface area (TPSA) is 64.6 Å². The molecule has 0 radical (unpaired) electrons. The van der Waals surface area contributed by atoms with Gasteiger partial charge in [-0.2, -0.15) is 0 Å². The van der Waals surface area contributed by atoms with Crippen molar-refractivity contribution < 1.29 is 9.90 Å². The summed E-state index contributed by atoms with van der Waals surface area (Å²) in [6, 6.07) is 8.35. The average Bonchev–Trinajstić information content (AvgIpc) is 2.55. The van der Waals surface area contributed by atoms with Crippen LogP contribution in [0.2, 0.25) is 0 Å². The van der Waals surface area contributed by atoms with Crippen molar-refractivity contribution in [3.05, 3.63) is 35.4 Å². The van der Waals surface area contributed by atoms with E-state index in [0.29, 0.717) is 6.54 Å². The van der Waals surface area contributed by atoms with Gasteiger partial charge in [0.25, 0.3) is 0 Å². The Balaban J connectivity index is 1.72. The minimum atomic E-state index is -0.539. The zero-order chi connectivity index (χ0) is 16.7. The molecule has 3 N–H and O–H groups in total. The second-order valence-corrected chi connectivity index (χ2v) is 6.64. The van der Waals surface area contributed by atoms with Gasteiger partial charge in [-0.1, -0.05) is 37.6 Å². The molecule has 0 aromatic heterocycles. The average molecular weight is 319 g/mol. The second-order valence-electron chi connectivity index (χ2n) is 6.64. The molecular weight excluding hydrogens is 290 g/mol. The first-order chi connectivity index (χ1) is 11.1. The SMILES string of the molecule is CCCC(C)(CO)NC(=O)NCCN1CCc2ccccc2C1. The molecule has 2 amide bonds. The molecule has 5 nitrogen and oxygen atoms in total. The molecule has 1 heterocycles. The van der Waals surface area contributed by atoms with Crippen LogP contribution in [0.3, 0.4) is 0 Å².